The third-order valence-electron chi connectivity index (χ3n) is 4.03. The Hall–Kier alpha value is -0.930. The van der Waals surface area contributed by atoms with Crippen molar-refractivity contribution in [2.75, 3.05) is 13.2 Å². The molecule has 2 aliphatic rings. The van der Waals surface area contributed by atoms with E-state index in [1.54, 1.807) is 0 Å². The lowest BCUT2D eigenvalue weighted by atomic mass is 9.98. The van der Waals surface area contributed by atoms with Crippen LogP contribution in [0.25, 0.3) is 0 Å². The number of ether oxygens (including phenoxy) is 3. The molecule has 2 fully saturated rings. The van der Waals surface area contributed by atoms with Crippen molar-refractivity contribution in [1.82, 2.24) is 0 Å². The van der Waals surface area contributed by atoms with Crippen LogP contribution in [0.3, 0.4) is 0 Å². The summed E-state index contributed by atoms with van der Waals surface area (Å²) in [6.45, 7) is -1.78. The Morgan fingerprint density at radius 1 is 1.00 bits per heavy atom. The third kappa shape index (κ3) is 3.13. The highest BCUT2D eigenvalue weighted by Crippen LogP contribution is 2.35. The maximum absolute atomic E-state index is 11.0. The van der Waals surface area contributed by atoms with E-state index in [0.29, 0.717) is 0 Å². The van der Waals surface area contributed by atoms with Gasteiger partial charge in [-0.1, -0.05) is 0 Å². The van der Waals surface area contributed by atoms with Gasteiger partial charge < -0.3 is 55.1 Å². The van der Waals surface area contributed by atoms with Gasteiger partial charge >= 0.3 is 5.97 Å². The molecule has 2 aliphatic heterocycles. The molecule has 0 radical (unpaired) electrons. The lowest BCUT2D eigenvalue weighted by Crippen LogP contribution is -2.63. The minimum Gasteiger partial charge on any atom is -0.479 e. The molecule has 0 aliphatic carbocycles. The quantitative estimate of drug-likeness (QED) is 0.232. The van der Waals surface area contributed by atoms with Gasteiger partial charge in [0.25, 0.3) is 0 Å². The Bertz CT molecular complexity index is 459. The molecular weight excluding hydrogens is 336 g/mol. The predicted octanol–water partition coefficient (Wildman–Crippen LogP) is -5.30. The number of aliphatic carboxylic acids is 1. The summed E-state index contributed by atoms with van der Waals surface area (Å²) in [5.41, 5.74) is 0. The molecule has 0 saturated carbocycles. The van der Waals surface area contributed by atoms with Gasteiger partial charge in [-0.15, -0.1) is 0 Å². The van der Waals surface area contributed by atoms with Crippen molar-refractivity contribution < 1.29 is 59.9 Å². The molecular formula is C12H20O12. The molecule has 0 spiro atoms. The number of hydrogen-bond acceptors (Lipinski definition) is 11. The molecule has 0 amide bonds. The maximum Gasteiger partial charge on any atom is 0.335 e. The summed E-state index contributed by atoms with van der Waals surface area (Å²) in [4.78, 5) is 11.0. The Kier molecular flexibility index (Phi) is 5.76. The lowest BCUT2D eigenvalue weighted by molar-refractivity contribution is -0.379. The van der Waals surface area contributed by atoms with Crippen molar-refractivity contribution in [3.63, 3.8) is 0 Å². The first-order valence-corrected chi connectivity index (χ1v) is 7.04. The van der Waals surface area contributed by atoms with Crippen molar-refractivity contribution in [3.8, 4) is 0 Å². The number of rotatable bonds is 5. The summed E-state index contributed by atoms with van der Waals surface area (Å²) < 4.78 is 15.0. The molecule has 2 heterocycles. The zero-order valence-corrected chi connectivity index (χ0v) is 12.2. The van der Waals surface area contributed by atoms with E-state index in [2.05, 4.69) is 0 Å². The molecule has 24 heavy (non-hydrogen) atoms. The zero-order valence-electron chi connectivity index (χ0n) is 12.2. The van der Waals surface area contributed by atoms with E-state index in [1.165, 1.54) is 0 Å². The van der Waals surface area contributed by atoms with Gasteiger partial charge in [0.1, 0.15) is 43.2 Å². The van der Waals surface area contributed by atoms with Crippen molar-refractivity contribution in [2.45, 2.75) is 54.8 Å². The molecule has 2 saturated heterocycles. The predicted molar refractivity (Wildman–Crippen MR) is 69.2 cm³/mol. The fourth-order valence-corrected chi connectivity index (χ4v) is 2.62. The van der Waals surface area contributed by atoms with Crippen LogP contribution in [0.4, 0.5) is 0 Å². The normalized spacial score (nSPS) is 49.3. The van der Waals surface area contributed by atoms with Crippen LogP contribution in [0.5, 0.6) is 0 Å². The molecule has 0 unspecified atom stereocenters. The second kappa shape index (κ2) is 7.13. The monoisotopic (exact) mass is 356 g/mol. The first-order valence-electron chi connectivity index (χ1n) is 7.04. The minimum absolute atomic E-state index is 0.726. The summed E-state index contributed by atoms with van der Waals surface area (Å²) in [6, 6.07) is 0. The first-order chi connectivity index (χ1) is 11.2. The average Bonchev–Trinajstić information content (AvgIpc) is 2.80. The van der Waals surface area contributed by atoms with Gasteiger partial charge in [-0.05, 0) is 0 Å². The summed E-state index contributed by atoms with van der Waals surface area (Å²) in [5, 5.41) is 76.4. The zero-order chi connectivity index (χ0) is 18.2. The smallest absolute Gasteiger partial charge is 0.335 e. The van der Waals surface area contributed by atoms with Gasteiger partial charge in [-0.2, -0.15) is 0 Å². The second-order valence-electron chi connectivity index (χ2n) is 5.60. The van der Waals surface area contributed by atoms with Crippen molar-refractivity contribution in [2.24, 2.45) is 0 Å². The van der Waals surface area contributed by atoms with Gasteiger partial charge in [0.2, 0.25) is 5.79 Å². The number of aliphatic hydroxyl groups is 7. The van der Waals surface area contributed by atoms with Gasteiger partial charge in [-0.25, -0.2) is 4.79 Å². The van der Waals surface area contributed by atoms with E-state index in [1.807, 2.05) is 0 Å². The first kappa shape index (κ1) is 19.4. The van der Waals surface area contributed by atoms with Gasteiger partial charge in [0.05, 0.1) is 6.61 Å². The van der Waals surface area contributed by atoms with Crippen LogP contribution >= 0.6 is 0 Å². The van der Waals surface area contributed by atoms with Crippen LogP contribution in [0.15, 0.2) is 0 Å². The molecule has 9 atom stereocenters. The molecule has 0 aromatic heterocycles. The van der Waals surface area contributed by atoms with E-state index in [4.69, 9.17) is 24.4 Å². The van der Waals surface area contributed by atoms with E-state index in [9.17, 15) is 35.4 Å². The van der Waals surface area contributed by atoms with E-state index >= 15 is 0 Å². The molecule has 2 rings (SSSR count). The van der Waals surface area contributed by atoms with Crippen LogP contribution in [0, 0.1) is 0 Å². The molecule has 140 valence electrons. The Balaban J connectivity index is 2.22. The standard InChI is InChI=1S/C12H20O12/c13-1-3-4(15)9(19)12(2-14,23-3)24-11-7(18)5(16)6(17)8(22-11)10(20)21/h3-9,11,13-19H,1-2H2,(H,20,21)/t3-,4-,5+,6+,7-,8+,9+,11+,12+/m1/s1. The van der Waals surface area contributed by atoms with Crippen molar-refractivity contribution in [1.29, 1.82) is 0 Å². The molecule has 0 bridgehead atoms. The Morgan fingerprint density at radius 3 is 2.08 bits per heavy atom. The molecule has 0 aromatic rings. The van der Waals surface area contributed by atoms with Gasteiger partial charge in [0.15, 0.2) is 12.4 Å². The largest absolute Gasteiger partial charge is 0.479 e. The number of carboxylic acid groups (broad SMARTS) is 1. The van der Waals surface area contributed by atoms with Crippen LogP contribution in [-0.2, 0) is 19.0 Å². The Labute approximate surface area is 135 Å². The topological polar surface area (TPSA) is 207 Å². The summed E-state index contributed by atoms with van der Waals surface area (Å²) in [5.74, 6) is -4.00. The number of hydrogen-bond donors (Lipinski definition) is 8. The minimum atomic E-state index is -2.34. The van der Waals surface area contributed by atoms with E-state index < -0.39 is 74.0 Å². The van der Waals surface area contributed by atoms with Crippen LogP contribution in [-0.4, -0.2) is 115 Å². The maximum atomic E-state index is 11.0. The average molecular weight is 356 g/mol. The number of aliphatic hydroxyl groups excluding tert-OH is 7. The highest BCUT2D eigenvalue weighted by atomic mass is 16.8. The second-order valence-corrected chi connectivity index (χ2v) is 5.60. The highest BCUT2D eigenvalue weighted by molar-refractivity contribution is 5.73. The van der Waals surface area contributed by atoms with Crippen LogP contribution < -0.4 is 0 Å². The molecule has 12 nitrogen and oxygen atoms in total. The Morgan fingerprint density at radius 2 is 1.62 bits per heavy atom. The van der Waals surface area contributed by atoms with E-state index in [-0.39, 0.29) is 0 Å². The fourth-order valence-electron chi connectivity index (χ4n) is 2.62. The third-order valence-corrected chi connectivity index (χ3v) is 4.03. The van der Waals surface area contributed by atoms with Crippen molar-refractivity contribution in [3.05, 3.63) is 0 Å². The SMILES string of the molecule is O=C(O)[C@H]1O[C@@H](O[C@]2(CO)O[C@H](CO)[C@@H](O)[C@@H]2O)[C@H](O)[C@@H](O)[C@@H]1O. The summed E-state index contributed by atoms with van der Waals surface area (Å²) in [6.07, 6.45) is -14.6. The van der Waals surface area contributed by atoms with Gasteiger partial charge in [-0.3, -0.25) is 0 Å². The lowest BCUT2D eigenvalue weighted by Gasteiger charge is -2.42. The molecule has 8 N–H and O–H groups in total. The summed E-state index contributed by atoms with van der Waals surface area (Å²) in [7, 11) is 0. The van der Waals surface area contributed by atoms with Crippen molar-refractivity contribution >= 4 is 5.97 Å². The highest BCUT2D eigenvalue weighted by Gasteiger charge is 2.58. The van der Waals surface area contributed by atoms with Crippen LogP contribution in [0.2, 0.25) is 0 Å². The fraction of sp³-hybridized carbons (Fsp3) is 0.917. The van der Waals surface area contributed by atoms with Gasteiger partial charge in [0, 0.05) is 0 Å². The number of carboxylic acids is 1. The summed E-state index contributed by atoms with van der Waals surface area (Å²) >= 11 is 0. The molecule has 12 heteroatoms. The van der Waals surface area contributed by atoms with E-state index in [0.717, 1.165) is 0 Å². The molecule has 0 aromatic carbocycles. The van der Waals surface area contributed by atoms with Crippen LogP contribution in [0.1, 0.15) is 0 Å². The number of carbonyl (C=O) groups is 1.